The van der Waals surface area contributed by atoms with Gasteiger partial charge in [0.2, 0.25) is 5.91 Å². The van der Waals surface area contributed by atoms with Crippen molar-refractivity contribution >= 4 is 28.6 Å². The molecule has 1 aliphatic heterocycles. The Hall–Kier alpha value is -2.66. The predicted molar refractivity (Wildman–Crippen MR) is 143 cm³/mol. The SMILES string of the molecule is CC(C)C(=O)N1CCN(Cc2cn(CCCCCCSc3ccnc4cc(C(F)(F)F)ccc34)nn2)CC1. The number of pyridine rings is 1. The Morgan fingerprint density at radius 3 is 2.55 bits per heavy atom. The number of unbranched alkanes of at least 4 members (excludes halogenated alkanes) is 3. The van der Waals surface area contributed by atoms with Gasteiger partial charge < -0.3 is 4.90 Å². The highest BCUT2D eigenvalue weighted by atomic mass is 32.2. The molecular weight excluding hydrogens is 513 g/mol. The molecule has 2 aromatic heterocycles. The number of aryl methyl sites for hydroxylation is 1. The van der Waals surface area contributed by atoms with Crippen molar-refractivity contribution in [1.82, 2.24) is 29.8 Å². The van der Waals surface area contributed by atoms with E-state index in [4.69, 9.17) is 0 Å². The number of rotatable bonds is 11. The number of halogens is 3. The van der Waals surface area contributed by atoms with E-state index in [0.717, 1.165) is 98.8 Å². The van der Waals surface area contributed by atoms with Crippen LogP contribution in [-0.2, 0) is 24.1 Å². The van der Waals surface area contributed by atoms with E-state index in [1.165, 1.54) is 6.07 Å². The molecule has 1 aromatic carbocycles. The maximum absolute atomic E-state index is 13.0. The van der Waals surface area contributed by atoms with E-state index in [2.05, 4.69) is 20.2 Å². The van der Waals surface area contributed by atoms with Gasteiger partial charge in [0.15, 0.2) is 0 Å². The monoisotopic (exact) mass is 548 g/mol. The van der Waals surface area contributed by atoms with E-state index in [1.54, 1.807) is 18.0 Å². The fraction of sp³-hybridized carbons (Fsp3) is 0.556. The van der Waals surface area contributed by atoms with Crippen LogP contribution in [0.5, 0.6) is 0 Å². The standard InChI is InChI=1S/C27H35F3N6OS/c1-20(2)26(37)35-14-12-34(13-15-35)18-22-19-36(33-32-22)11-5-3-4-6-16-38-25-9-10-31-24-17-21(27(28,29)30)7-8-23(24)25/h7-10,17,19-20H,3-6,11-16,18H2,1-2H3. The van der Waals surface area contributed by atoms with Gasteiger partial charge in [-0.1, -0.05) is 38.0 Å². The first-order valence-corrected chi connectivity index (χ1v) is 14.2. The lowest BCUT2D eigenvalue weighted by Gasteiger charge is -2.35. The zero-order valence-electron chi connectivity index (χ0n) is 22.0. The molecule has 0 radical (unpaired) electrons. The Morgan fingerprint density at radius 2 is 1.82 bits per heavy atom. The summed E-state index contributed by atoms with van der Waals surface area (Å²) in [5, 5.41) is 9.35. The van der Waals surface area contributed by atoms with Crippen LogP contribution in [-0.4, -0.2) is 67.6 Å². The van der Waals surface area contributed by atoms with Crippen molar-refractivity contribution < 1.29 is 18.0 Å². The van der Waals surface area contributed by atoms with Gasteiger partial charge in [-0.25, -0.2) is 0 Å². The highest BCUT2D eigenvalue weighted by molar-refractivity contribution is 7.99. The van der Waals surface area contributed by atoms with Crippen LogP contribution >= 0.6 is 11.8 Å². The maximum atomic E-state index is 13.0. The van der Waals surface area contributed by atoms with Gasteiger partial charge in [0.25, 0.3) is 0 Å². The first-order chi connectivity index (χ1) is 18.2. The molecule has 1 fully saturated rings. The van der Waals surface area contributed by atoms with Crippen LogP contribution in [0.1, 0.15) is 50.8 Å². The molecular formula is C27H35F3N6OS. The Balaban J connectivity index is 1.12. The number of aromatic nitrogens is 4. The summed E-state index contributed by atoms with van der Waals surface area (Å²) in [4.78, 5) is 21.5. The second kappa shape index (κ2) is 12.9. The number of amides is 1. The molecule has 3 aromatic rings. The normalized spacial score (nSPS) is 15.1. The summed E-state index contributed by atoms with van der Waals surface area (Å²) in [6.45, 7) is 8.70. The fourth-order valence-corrected chi connectivity index (χ4v) is 5.63. The maximum Gasteiger partial charge on any atom is 0.416 e. The molecule has 4 rings (SSSR count). The van der Waals surface area contributed by atoms with Gasteiger partial charge >= 0.3 is 6.18 Å². The first kappa shape index (κ1) is 28.4. The van der Waals surface area contributed by atoms with Gasteiger partial charge in [0.1, 0.15) is 0 Å². The van der Waals surface area contributed by atoms with Crippen molar-refractivity contribution in [3.63, 3.8) is 0 Å². The number of nitrogens with zero attached hydrogens (tertiary/aromatic N) is 6. The molecule has 1 saturated heterocycles. The molecule has 0 saturated carbocycles. The average Bonchev–Trinajstić information content (AvgIpc) is 3.34. The number of benzene rings is 1. The third-order valence-electron chi connectivity index (χ3n) is 6.72. The molecule has 0 aliphatic carbocycles. The number of hydrogen-bond donors (Lipinski definition) is 0. The van der Waals surface area contributed by atoms with Crippen molar-refractivity contribution in [1.29, 1.82) is 0 Å². The molecule has 3 heterocycles. The molecule has 7 nitrogen and oxygen atoms in total. The van der Waals surface area contributed by atoms with Gasteiger partial charge in [-0.05, 0) is 36.8 Å². The summed E-state index contributed by atoms with van der Waals surface area (Å²) in [6.07, 6.45) is 3.43. The summed E-state index contributed by atoms with van der Waals surface area (Å²) in [5.74, 6) is 1.17. The van der Waals surface area contributed by atoms with Crippen molar-refractivity contribution in [3.8, 4) is 0 Å². The molecule has 0 N–H and O–H groups in total. The zero-order chi connectivity index (χ0) is 27.1. The van der Waals surface area contributed by atoms with E-state index in [0.29, 0.717) is 5.52 Å². The minimum Gasteiger partial charge on any atom is -0.340 e. The largest absolute Gasteiger partial charge is 0.416 e. The number of carbonyl (C=O) groups excluding carboxylic acids is 1. The van der Waals surface area contributed by atoms with Crippen LogP contribution in [0.15, 0.2) is 41.6 Å². The lowest BCUT2D eigenvalue weighted by atomic mass is 10.1. The summed E-state index contributed by atoms with van der Waals surface area (Å²) in [5.41, 5.74) is 0.661. The molecule has 206 valence electrons. The zero-order valence-corrected chi connectivity index (χ0v) is 22.8. The van der Waals surface area contributed by atoms with Crippen LogP contribution in [0.25, 0.3) is 10.9 Å². The van der Waals surface area contributed by atoms with Crippen molar-refractivity contribution in [2.24, 2.45) is 5.92 Å². The van der Waals surface area contributed by atoms with E-state index in [1.807, 2.05) is 35.7 Å². The van der Waals surface area contributed by atoms with Crippen LogP contribution in [0.3, 0.4) is 0 Å². The fourth-order valence-electron chi connectivity index (χ4n) is 4.58. The molecule has 0 spiro atoms. The lowest BCUT2D eigenvalue weighted by Crippen LogP contribution is -2.49. The number of alkyl halides is 3. The molecule has 11 heteroatoms. The van der Waals surface area contributed by atoms with Crippen molar-refractivity contribution in [3.05, 3.63) is 47.9 Å². The van der Waals surface area contributed by atoms with Gasteiger partial charge in [0.05, 0.1) is 16.8 Å². The minimum atomic E-state index is -4.36. The third-order valence-corrected chi connectivity index (χ3v) is 7.88. The molecule has 0 unspecified atom stereocenters. The average molecular weight is 549 g/mol. The summed E-state index contributed by atoms with van der Waals surface area (Å²) in [7, 11) is 0. The second-order valence-corrected chi connectivity index (χ2v) is 11.2. The summed E-state index contributed by atoms with van der Waals surface area (Å²) < 4.78 is 40.8. The van der Waals surface area contributed by atoms with Gasteiger partial charge in [-0.3, -0.25) is 19.4 Å². The van der Waals surface area contributed by atoms with Crippen LogP contribution in [0.4, 0.5) is 13.2 Å². The van der Waals surface area contributed by atoms with E-state index >= 15 is 0 Å². The lowest BCUT2D eigenvalue weighted by molar-refractivity contribution is -0.137. The number of hydrogen-bond acceptors (Lipinski definition) is 6. The smallest absolute Gasteiger partial charge is 0.340 e. The van der Waals surface area contributed by atoms with Crippen LogP contribution in [0.2, 0.25) is 0 Å². The summed E-state index contributed by atoms with van der Waals surface area (Å²) >= 11 is 1.67. The molecule has 1 aliphatic rings. The predicted octanol–water partition coefficient (Wildman–Crippen LogP) is 5.50. The Morgan fingerprint density at radius 1 is 1.05 bits per heavy atom. The molecule has 0 atom stereocenters. The van der Waals surface area contributed by atoms with E-state index in [9.17, 15) is 18.0 Å². The van der Waals surface area contributed by atoms with Crippen LogP contribution < -0.4 is 0 Å². The van der Waals surface area contributed by atoms with Crippen LogP contribution in [0, 0.1) is 5.92 Å². The Labute approximate surface area is 225 Å². The Kier molecular flexibility index (Phi) is 9.64. The van der Waals surface area contributed by atoms with Gasteiger partial charge in [0, 0.05) is 67.9 Å². The number of piperazine rings is 1. The highest BCUT2D eigenvalue weighted by Crippen LogP contribution is 2.34. The quantitative estimate of drug-likeness (QED) is 0.233. The molecule has 1 amide bonds. The minimum absolute atomic E-state index is 0.0420. The van der Waals surface area contributed by atoms with E-state index in [-0.39, 0.29) is 11.8 Å². The van der Waals surface area contributed by atoms with Gasteiger partial charge in [-0.15, -0.1) is 16.9 Å². The van der Waals surface area contributed by atoms with Crippen molar-refractivity contribution in [2.45, 2.75) is 63.7 Å². The van der Waals surface area contributed by atoms with E-state index < -0.39 is 11.7 Å². The molecule has 38 heavy (non-hydrogen) atoms. The topological polar surface area (TPSA) is 67.2 Å². The van der Waals surface area contributed by atoms with Gasteiger partial charge in [-0.2, -0.15) is 13.2 Å². The Bertz CT molecular complexity index is 1210. The number of carbonyl (C=O) groups is 1. The number of thioether (sulfide) groups is 1. The highest BCUT2D eigenvalue weighted by Gasteiger charge is 2.30. The second-order valence-electron chi connectivity index (χ2n) is 10.0. The molecule has 0 bridgehead atoms. The third kappa shape index (κ3) is 7.69. The number of fused-ring (bicyclic) bond motifs is 1. The van der Waals surface area contributed by atoms with Crippen molar-refractivity contribution in [2.75, 3.05) is 31.9 Å². The summed E-state index contributed by atoms with van der Waals surface area (Å²) in [6, 6.07) is 5.63. The first-order valence-electron chi connectivity index (χ1n) is 13.2.